The fraction of sp³-hybridized carbons (Fsp3) is 0.923. The second kappa shape index (κ2) is 4.25. The highest BCUT2D eigenvalue weighted by atomic mass is 32.2. The van der Waals surface area contributed by atoms with Crippen molar-refractivity contribution < 1.29 is 0 Å². The average Bonchev–Trinajstić information content (AvgIpc) is 2.43. The van der Waals surface area contributed by atoms with E-state index in [1.165, 1.54) is 30.9 Å². The van der Waals surface area contributed by atoms with Gasteiger partial charge >= 0.3 is 0 Å². The highest BCUT2D eigenvalue weighted by Crippen LogP contribution is 2.37. The molecule has 2 aliphatic rings. The molecule has 2 fully saturated rings. The number of rotatable bonds is 1. The second-order valence-corrected chi connectivity index (χ2v) is 7.61. The number of aliphatic imine (C=N–C) groups is 1. The molecule has 2 rings (SSSR count). The van der Waals surface area contributed by atoms with Crippen LogP contribution in [-0.2, 0) is 0 Å². The van der Waals surface area contributed by atoms with Crippen LogP contribution in [-0.4, -0.2) is 22.5 Å². The van der Waals surface area contributed by atoms with Gasteiger partial charge in [0, 0.05) is 11.3 Å². The molecular formula is C13H24N2S. The third-order valence-electron chi connectivity index (χ3n) is 3.49. The van der Waals surface area contributed by atoms with Gasteiger partial charge in [-0.15, -0.1) is 0 Å². The maximum absolute atomic E-state index is 4.89. The van der Waals surface area contributed by atoms with Gasteiger partial charge in [-0.2, -0.15) is 0 Å². The number of hydrogen-bond acceptors (Lipinski definition) is 2. The molecule has 0 aromatic carbocycles. The highest BCUT2D eigenvalue weighted by Gasteiger charge is 2.31. The lowest BCUT2D eigenvalue weighted by Gasteiger charge is -2.33. The number of hydrogen-bond donors (Lipinski definition) is 1. The van der Waals surface area contributed by atoms with Crippen molar-refractivity contribution in [1.82, 2.24) is 5.32 Å². The first-order chi connectivity index (χ1) is 7.36. The molecule has 0 spiro atoms. The topological polar surface area (TPSA) is 24.4 Å². The van der Waals surface area contributed by atoms with E-state index in [2.05, 4.69) is 33.0 Å². The predicted octanol–water partition coefficient (Wildman–Crippen LogP) is 3.43. The Morgan fingerprint density at radius 3 is 2.62 bits per heavy atom. The van der Waals surface area contributed by atoms with Crippen molar-refractivity contribution in [2.45, 2.75) is 65.0 Å². The van der Waals surface area contributed by atoms with Crippen molar-refractivity contribution in [3.63, 3.8) is 0 Å². The van der Waals surface area contributed by atoms with Crippen molar-refractivity contribution in [2.24, 2.45) is 10.4 Å². The Labute approximate surface area is 104 Å². The molecule has 3 heteroatoms. The highest BCUT2D eigenvalue weighted by molar-refractivity contribution is 8.14. The van der Waals surface area contributed by atoms with Gasteiger partial charge in [0.2, 0.25) is 0 Å². The molecule has 1 atom stereocenters. The molecule has 1 aliphatic heterocycles. The first-order valence-corrected chi connectivity index (χ1v) is 7.34. The van der Waals surface area contributed by atoms with Crippen molar-refractivity contribution in [1.29, 1.82) is 0 Å². The summed E-state index contributed by atoms with van der Waals surface area (Å²) in [5, 5.41) is 4.69. The van der Waals surface area contributed by atoms with Crippen LogP contribution in [0.5, 0.6) is 0 Å². The van der Waals surface area contributed by atoms with E-state index >= 15 is 0 Å². The summed E-state index contributed by atoms with van der Waals surface area (Å²) in [7, 11) is 0. The smallest absolute Gasteiger partial charge is 0.157 e. The molecule has 0 aromatic heterocycles. The van der Waals surface area contributed by atoms with Gasteiger partial charge in [-0.05, 0) is 38.5 Å². The van der Waals surface area contributed by atoms with E-state index in [4.69, 9.17) is 4.99 Å². The molecule has 1 saturated heterocycles. The zero-order valence-corrected chi connectivity index (χ0v) is 11.8. The van der Waals surface area contributed by atoms with Crippen molar-refractivity contribution in [2.75, 3.05) is 5.75 Å². The van der Waals surface area contributed by atoms with Crippen molar-refractivity contribution in [3.8, 4) is 0 Å². The fourth-order valence-electron chi connectivity index (χ4n) is 2.61. The Bertz CT molecular complexity index is 294. The summed E-state index contributed by atoms with van der Waals surface area (Å²) in [6.45, 7) is 9.23. The van der Waals surface area contributed by atoms with Gasteiger partial charge in [0.1, 0.15) is 0 Å². The van der Waals surface area contributed by atoms with Gasteiger partial charge in [-0.3, -0.25) is 4.99 Å². The van der Waals surface area contributed by atoms with Crippen molar-refractivity contribution in [3.05, 3.63) is 0 Å². The molecule has 1 N–H and O–H groups in total. The number of thioether (sulfide) groups is 1. The lowest BCUT2D eigenvalue weighted by molar-refractivity contribution is 0.222. The molecule has 0 radical (unpaired) electrons. The summed E-state index contributed by atoms with van der Waals surface area (Å²) in [5.41, 5.74) is 0.722. The minimum absolute atomic E-state index is 0.230. The van der Waals surface area contributed by atoms with Crippen LogP contribution in [0, 0.1) is 5.41 Å². The molecule has 1 unspecified atom stereocenters. The number of amidine groups is 1. The van der Waals surface area contributed by atoms with Gasteiger partial charge in [-0.1, -0.05) is 32.0 Å². The zero-order chi connectivity index (χ0) is 11.8. The molecule has 1 aliphatic carbocycles. The van der Waals surface area contributed by atoms with Gasteiger partial charge < -0.3 is 5.32 Å². The predicted molar refractivity (Wildman–Crippen MR) is 73.1 cm³/mol. The minimum Gasteiger partial charge on any atom is -0.359 e. The van der Waals surface area contributed by atoms with E-state index in [0.29, 0.717) is 11.5 Å². The van der Waals surface area contributed by atoms with Gasteiger partial charge in [-0.25, -0.2) is 0 Å². The first kappa shape index (κ1) is 12.3. The Morgan fingerprint density at radius 2 is 2.06 bits per heavy atom. The molecule has 1 heterocycles. The van der Waals surface area contributed by atoms with Crippen LogP contribution in [0.25, 0.3) is 0 Å². The largest absolute Gasteiger partial charge is 0.359 e. The van der Waals surface area contributed by atoms with Crippen LogP contribution >= 0.6 is 11.8 Å². The summed E-state index contributed by atoms with van der Waals surface area (Å²) in [6.07, 6.45) is 5.22. The lowest BCUT2D eigenvalue weighted by atomic mass is 9.75. The second-order valence-electron chi connectivity index (χ2n) is 6.65. The van der Waals surface area contributed by atoms with Crippen LogP contribution in [0.1, 0.15) is 53.4 Å². The number of nitrogens with zero attached hydrogens (tertiary/aromatic N) is 1. The summed E-state index contributed by atoms with van der Waals surface area (Å²) >= 11 is 1.88. The van der Waals surface area contributed by atoms with E-state index in [9.17, 15) is 0 Å². The normalized spacial score (nSPS) is 35.0. The van der Waals surface area contributed by atoms with E-state index in [1.54, 1.807) is 0 Å². The number of nitrogens with one attached hydrogen (secondary N) is 1. The molecule has 2 nitrogen and oxygen atoms in total. The third-order valence-corrected chi connectivity index (χ3v) is 4.84. The van der Waals surface area contributed by atoms with Crippen molar-refractivity contribution >= 4 is 16.9 Å². The van der Waals surface area contributed by atoms with Crippen LogP contribution < -0.4 is 5.32 Å². The summed E-state index contributed by atoms with van der Waals surface area (Å²) in [4.78, 5) is 4.89. The van der Waals surface area contributed by atoms with E-state index in [0.717, 1.165) is 5.75 Å². The maximum atomic E-state index is 4.89. The van der Waals surface area contributed by atoms with Crippen LogP contribution in [0.15, 0.2) is 4.99 Å². The van der Waals surface area contributed by atoms with E-state index in [-0.39, 0.29) is 5.54 Å². The maximum Gasteiger partial charge on any atom is 0.157 e. The monoisotopic (exact) mass is 240 g/mol. The molecule has 0 bridgehead atoms. The average molecular weight is 240 g/mol. The minimum atomic E-state index is 0.230. The van der Waals surface area contributed by atoms with Crippen LogP contribution in [0.4, 0.5) is 0 Å². The summed E-state index contributed by atoms with van der Waals surface area (Å²) in [6, 6.07) is 0.549. The van der Waals surface area contributed by atoms with Gasteiger partial charge in [0.25, 0.3) is 0 Å². The molecular weight excluding hydrogens is 216 g/mol. The Balaban J connectivity index is 1.97. The van der Waals surface area contributed by atoms with E-state index in [1.807, 2.05) is 11.8 Å². The quantitative estimate of drug-likeness (QED) is 0.759. The Morgan fingerprint density at radius 1 is 1.31 bits per heavy atom. The Hall–Kier alpha value is -0.180. The standard InChI is InChI=1S/C13H24N2S/c1-12(2)7-5-6-10(8-12)14-11-15-13(3,4)9-16-11/h10H,5-9H2,1-4H3,(H,14,15). The lowest BCUT2D eigenvalue weighted by Crippen LogP contribution is -2.37. The molecule has 0 aromatic rings. The first-order valence-electron chi connectivity index (χ1n) is 6.35. The van der Waals surface area contributed by atoms with E-state index < -0.39 is 0 Å². The zero-order valence-electron chi connectivity index (χ0n) is 11.0. The van der Waals surface area contributed by atoms with Crippen LogP contribution in [0.3, 0.4) is 0 Å². The Kier molecular flexibility index (Phi) is 3.26. The summed E-state index contributed by atoms with van der Waals surface area (Å²) < 4.78 is 0. The molecule has 92 valence electrons. The molecule has 1 saturated carbocycles. The summed E-state index contributed by atoms with van der Waals surface area (Å²) in [5.74, 6) is 1.14. The SMILES string of the molecule is CC1(C)CCCC(N=C2NC(C)(C)CS2)C1. The molecule has 0 amide bonds. The molecule has 16 heavy (non-hydrogen) atoms. The van der Waals surface area contributed by atoms with Gasteiger partial charge in [0.05, 0.1) is 6.04 Å². The third kappa shape index (κ3) is 3.16. The van der Waals surface area contributed by atoms with Crippen LogP contribution in [0.2, 0.25) is 0 Å². The fourth-order valence-corrected chi connectivity index (χ4v) is 3.76. The van der Waals surface area contributed by atoms with Gasteiger partial charge in [0.15, 0.2) is 5.17 Å².